The second-order valence-corrected chi connectivity index (χ2v) is 9.71. The van der Waals surface area contributed by atoms with Crippen LogP contribution in [0.4, 0.5) is 0 Å². The van der Waals surface area contributed by atoms with Gasteiger partial charge in [-0.05, 0) is 49.3 Å². The van der Waals surface area contributed by atoms with Gasteiger partial charge >= 0.3 is 0 Å². The normalized spacial score (nSPS) is 14.7. The summed E-state index contributed by atoms with van der Waals surface area (Å²) in [6.45, 7) is 4.05. The Balaban J connectivity index is 1.50. The molecule has 0 saturated heterocycles. The van der Waals surface area contributed by atoms with E-state index < -0.39 is 0 Å². The van der Waals surface area contributed by atoms with Crippen LogP contribution in [0.1, 0.15) is 48.9 Å². The Morgan fingerprint density at radius 1 is 1.12 bits per heavy atom. The molecule has 1 fully saturated rings. The first-order chi connectivity index (χ1) is 16.1. The molecule has 0 N–H and O–H groups in total. The number of hydrogen-bond donors (Lipinski definition) is 0. The second kappa shape index (κ2) is 7.85. The zero-order chi connectivity index (χ0) is 22.5. The molecular formula is C26H23N5OS. The van der Waals surface area contributed by atoms with Gasteiger partial charge in [-0.3, -0.25) is 9.78 Å². The summed E-state index contributed by atoms with van der Waals surface area (Å²) in [6, 6.07) is 10.5. The molecule has 1 aromatic carbocycles. The van der Waals surface area contributed by atoms with Crippen LogP contribution in [0.15, 0.2) is 59.2 Å². The molecule has 0 spiro atoms. The Morgan fingerprint density at radius 3 is 2.73 bits per heavy atom. The molecule has 0 bridgehead atoms. The average molecular weight is 454 g/mol. The minimum absolute atomic E-state index is 0.0767. The molecule has 0 aliphatic heterocycles. The maximum Gasteiger partial charge on any atom is 0.259 e. The lowest BCUT2D eigenvalue weighted by molar-refractivity contribution is 0.603. The van der Waals surface area contributed by atoms with E-state index in [1.54, 1.807) is 23.7 Å². The predicted octanol–water partition coefficient (Wildman–Crippen LogP) is 5.45. The van der Waals surface area contributed by atoms with E-state index in [2.05, 4.69) is 32.9 Å². The molecule has 1 aliphatic rings. The summed E-state index contributed by atoms with van der Waals surface area (Å²) in [6.07, 6.45) is 8.28. The maximum absolute atomic E-state index is 13.9. The van der Waals surface area contributed by atoms with Crippen LogP contribution in [-0.4, -0.2) is 24.5 Å². The van der Waals surface area contributed by atoms with E-state index in [-0.39, 0.29) is 17.5 Å². The van der Waals surface area contributed by atoms with E-state index in [4.69, 9.17) is 0 Å². The Labute approximate surface area is 195 Å². The van der Waals surface area contributed by atoms with Gasteiger partial charge in [0.05, 0.1) is 21.3 Å². The van der Waals surface area contributed by atoms with Crippen molar-refractivity contribution in [3.8, 4) is 11.1 Å². The molecule has 0 unspecified atom stereocenters. The largest absolute Gasteiger partial charge is 0.309 e. The zero-order valence-corrected chi connectivity index (χ0v) is 19.3. The smallest absolute Gasteiger partial charge is 0.259 e. The van der Waals surface area contributed by atoms with Crippen molar-refractivity contribution in [3.05, 3.63) is 82.0 Å². The van der Waals surface area contributed by atoms with Crippen molar-refractivity contribution in [2.24, 2.45) is 0 Å². The topological polar surface area (TPSA) is 73.6 Å². The Hall–Kier alpha value is -3.45. The van der Waals surface area contributed by atoms with Gasteiger partial charge in [-0.1, -0.05) is 25.1 Å². The number of hydrogen-bond acceptors (Lipinski definition) is 6. The molecule has 6 nitrogen and oxygen atoms in total. The van der Waals surface area contributed by atoms with Crippen LogP contribution in [0.25, 0.3) is 32.1 Å². The highest BCUT2D eigenvalue weighted by atomic mass is 32.1. The summed E-state index contributed by atoms with van der Waals surface area (Å²) in [4.78, 5) is 31.8. The fraction of sp³-hybridized carbons (Fsp3) is 0.269. The fourth-order valence-electron chi connectivity index (χ4n) is 4.65. The predicted molar refractivity (Wildman–Crippen MR) is 132 cm³/mol. The molecule has 164 valence electrons. The third kappa shape index (κ3) is 3.53. The van der Waals surface area contributed by atoms with E-state index in [1.807, 2.05) is 47.5 Å². The van der Waals surface area contributed by atoms with Crippen molar-refractivity contribution in [3.63, 3.8) is 0 Å². The number of aryl methyl sites for hydroxylation is 1. The summed E-state index contributed by atoms with van der Waals surface area (Å²) in [5.41, 5.74) is 6.73. The lowest BCUT2D eigenvalue weighted by Gasteiger charge is -2.20. The van der Waals surface area contributed by atoms with Crippen LogP contribution in [0.3, 0.4) is 0 Å². The summed E-state index contributed by atoms with van der Waals surface area (Å²) in [5, 5.41) is 1.70. The first-order valence-electron chi connectivity index (χ1n) is 11.2. The van der Waals surface area contributed by atoms with Gasteiger partial charge in [0.2, 0.25) is 0 Å². The van der Waals surface area contributed by atoms with E-state index in [0.29, 0.717) is 5.82 Å². The minimum atomic E-state index is 0.0767. The molecule has 4 heterocycles. The number of thiazole rings is 1. The number of aromatic nitrogens is 5. The van der Waals surface area contributed by atoms with Gasteiger partial charge in [0.1, 0.15) is 11.3 Å². The molecule has 0 radical (unpaired) electrons. The Kier molecular flexibility index (Phi) is 4.80. The van der Waals surface area contributed by atoms with E-state index in [1.165, 1.54) is 0 Å². The SMILES string of the molecule is Cc1ncc(-c2cccc3cc([C@H](C)Cc4nccc5scnc45)n(C4CC4)c(=O)c23)cn1. The van der Waals surface area contributed by atoms with Crippen LogP contribution in [0.2, 0.25) is 0 Å². The molecule has 1 saturated carbocycles. The Bertz CT molecular complexity index is 1550. The van der Waals surface area contributed by atoms with Crippen molar-refractivity contribution in [1.29, 1.82) is 0 Å². The number of pyridine rings is 2. The van der Waals surface area contributed by atoms with Crippen LogP contribution in [0, 0.1) is 6.92 Å². The minimum Gasteiger partial charge on any atom is -0.309 e. The molecule has 5 aromatic rings. The van der Waals surface area contributed by atoms with Gasteiger partial charge in [-0.25, -0.2) is 15.0 Å². The maximum atomic E-state index is 13.9. The molecule has 33 heavy (non-hydrogen) atoms. The molecule has 4 aromatic heterocycles. The van der Waals surface area contributed by atoms with Crippen molar-refractivity contribution < 1.29 is 0 Å². The second-order valence-electron chi connectivity index (χ2n) is 8.83. The van der Waals surface area contributed by atoms with Crippen molar-refractivity contribution in [2.75, 3.05) is 0 Å². The molecule has 7 heteroatoms. The fourth-order valence-corrected chi connectivity index (χ4v) is 5.34. The summed E-state index contributed by atoms with van der Waals surface area (Å²) in [7, 11) is 0. The van der Waals surface area contributed by atoms with Crippen molar-refractivity contribution >= 4 is 32.3 Å². The number of benzene rings is 1. The molecule has 0 amide bonds. The van der Waals surface area contributed by atoms with Crippen molar-refractivity contribution in [2.45, 2.75) is 45.1 Å². The third-order valence-corrected chi connectivity index (χ3v) is 7.24. The summed E-state index contributed by atoms with van der Waals surface area (Å²) < 4.78 is 3.18. The highest BCUT2D eigenvalue weighted by molar-refractivity contribution is 7.16. The lowest BCUT2D eigenvalue weighted by Crippen LogP contribution is -2.25. The Morgan fingerprint density at radius 2 is 1.94 bits per heavy atom. The third-order valence-electron chi connectivity index (χ3n) is 6.44. The lowest BCUT2D eigenvalue weighted by atomic mass is 9.95. The monoisotopic (exact) mass is 453 g/mol. The highest BCUT2D eigenvalue weighted by Gasteiger charge is 2.30. The van der Waals surface area contributed by atoms with Crippen LogP contribution >= 0.6 is 11.3 Å². The van der Waals surface area contributed by atoms with Gasteiger partial charge < -0.3 is 4.57 Å². The molecule has 6 rings (SSSR count). The number of rotatable bonds is 5. The van der Waals surface area contributed by atoms with Gasteiger partial charge in [0.15, 0.2) is 0 Å². The van der Waals surface area contributed by atoms with E-state index in [0.717, 1.165) is 62.8 Å². The molecule has 1 aliphatic carbocycles. The zero-order valence-electron chi connectivity index (χ0n) is 18.5. The van der Waals surface area contributed by atoms with Gasteiger partial charge in [0, 0.05) is 41.8 Å². The first kappa shape index (κ1) is 20.2. The van der Waals surface area contributed by atoms with Crippen LogP contribution in [-0.2, 0) is 6.42 Å². The average Bonchev–Trinajstić information content (AvgIpc) is 3.54. The van der Waals surface area contributed by atoms with Crippen LogP contribution in [0.5, 0.6) is 0 Å². The number of fused-ring (bicyclic) bond motifs is 2. The van der Waals surface area contributed by atoms with Gasteiger partial charge in [-0.15, -0.1) is 11.3 Å². The molecular weight excluding hydrogens is 430 g/mol. The summed E-state index contributed by atoms with van der Waals surface area (Å²) >= 11 is 1.63. The molecule has 1 atom stereocenters. The highest BCUT2D eigenvalue weighted by Crippen LogP contribution is 2.38. The van der Waals surface area contributed by atoms with Gasteiger partial charge in [0.25, 0.3) is 5.56 Å². The summed E-state index contributed by atoms with van der Waals surface area (Å²) in [5.74, 6) is 0.850. The van der Waals surface area contributed by atoms with E-state index >= 15 is 0 Å². The van der Waals surface area contributed by atoms with Crippen molar-refractivity contribution in [1.82, 2.24) is 24.5 Å². The first-order valence-corrected chi connectivity index (χ1v) is 12.1. The number of nitrogens with zero attached hydrogens (tertiary/aromatic N) is 5. The van der Waals surface area contributed by atoms with Gasteiger partial charge in [-0.2, -0.15) is 0 Å². The quantitative estimate of drug-likeness (QED) is 0.354. The standard InChI is InChI=1S/C26H23N5OS/c1-15(10-21-25-23(8-9-27-21)33-14-30-25)22-11-17-4-3-5-20(18-12-28-16(2)29-13-18)24(17)26(32)31(22)19-6-7-19/h3-5,8-9,11-15,19H,6-7,10H2,1-2H3/t15-/m1/s1. The van der Waals surface area contributed by atoms with Crippen LogP contribution < -0.4 is 5.56 Å². The van der Waals surface area contributed by atoms with E-state index in [9.17, 15) is 4.79 Å².